The molecule has 2 heterocycles. The summed E-state index contributed by atoms with van der Waals surface area (Å²) in [6.07, 6.45) is 1.34. The number of benzene rings is 2. The lowest BCUT2D eigenvalue weighted by atomic mass is 10.2. The summed E-state index contributed by atoms with van der Waals surface area (Å²) in [5.41, 5.74) is 0.917. The van der Waals surface area contributed by atoms with Crippen molar-refractivity contribution in [3.05, 3.63) is 70.1 Å². The number of nitrogens with zero attached hydrogens (tertiary/aromatic N) is 5. The molecule has 9 nitrogen and oxygen atoms in total. The van der Waals surface area contributed by atoms with Crippen LogP contribution in [0.3, 0.4) is 0 Å². The van der Waals surface area contributed by atoms with Crippen LogP contribution < -0.4 is 15.0 Å². The smallest absolute Gasteiger partial charge is 0.413 e. The monoisotopic (exact) mass is 576 g/mol. The first-order valence-corrected chi connectivity index (χ1v) is 13.5. The maximum atomic E-state index is 14.7. The average Bonchev–Trinajstić information content (AvgIpc) is 2.91. The van der Waals surface area contributed by atoms with Gasteiger partial charge in [0.25, 0.3) is 0 Å². The molecular weight excluding hydrogens is 546 g/mol. The summed E-state index contributed by atoms with van der Waals surface area (Å²) in [5.74, 6) is -0.139. The fourth-order valence-electron chi connectivity index (χ4n) is 4.30. The molecule has 1 fully saturated rings. The number of nitrogens with one attached hydrogen (secondary N) is 1. The molecular formula is C27H31Cl2FN6O3. The molecule has 2 N–H and O–H groups in total. The van der Waals surface area contributed by atoms with Gasteiger partial charge in [0.05, 0.1) is 6.54 Å². The van der Waals surface area contributed by atoms with Gasteiger partial charge < -0.3 is 20.1 Å². The van der Waals surface area contributed by atoms with E-state index in [4.69, 9.17) is 27.9 Å². The number of halogens is 3. The fraction of sp³-hybridized carbons (Fsp3) is 0.370. The molecule has 4 rings (SSSR count). The Hall–Kier alpha value is -3.18. The third kappa shape index (κ3) is 8.15. The van der Waals surface area contributed by atoms with Crippen LogP contribution in [0, 0.1) is 5.82 Å². The van der Waals surface area contributed by atoms with Gasteiger partial charge in [0, 0.05) is 60.7 Å². The van der Waals surface area contributed by atoms with E-state index in [0.29, 0.717) is 27.9 Å². The van der Waals surface area contributed by atoms with Gasteiger partial charge in [-0.05, 0) is 54.9 Å². The lowest BCUT2D eigenvalue weighted by Gasteiger charge is -2.34. The number of rotatable bonds is 11. The van der Waals surface area contributed by atoms with Crippen LogP contribution in [0.4, 0.5) is 26.6 Å². The van der Waals surface area contributed by atoms with Crippen molar-refractivity contribution in [3.8, 4) is 5.75 Å². The molecule has 3 aromatic rings. The van der Waals surface area contributed by atoms with Crippen molar-refractivity contribution in [1.29, 1.82) is 0 Å². The Morgan fingerprint density at radius 1 is 1.10 bits per heavy atom. The molecule has 1 aromatic heterocycles. The second-order valence-corrected chi connectivity index (χ2v) is 9.99. The van der Waals surface area contributed by atoms with Crippen molar-refractivity contribution < 1.29 is 19.0 Å². The Labute approximate surface area is 237 Å². The quantitative estimate of drug-likeness (QED) is 0.297. The zero-order valence-electron chi connectivity index (χ0n) is 21.6. The largest absolute Gasteiger partial charge is 0.489 e. The number of anilines is 3. The predicted octanol–water partition coefficient (Wildman–Crippen LogP) is 5.76. The van der Waals surface area contributed by atoms with Crippen molar-refractivity contribution in [2.45, 2.75) is 19.9 Å². The van der Waals surface area contributed by atoms with Gasteiger partial charge in [-0.1, -0.05) is 30.1 Å². The first-order chi connectivity index (χ1) is 18.8. The Morgan fingerprint density at radius 2 is 1.85 bits per heavy atom. The molecule has 0 bridgehead atoms. The number of amides is 1. The summed E-state index contributed by atoms with van der Waals surface area (Å²) in [7, 11) is 0. The van der Waals surface area contributed by atoms with Gasteiger partial charge in [0.1, 0.15) is 12.4 Å². The molecule has 1 saturated heterocycles. The highest BCUT2D eigenvalue weighted by atomic mass is 35.5. The van der Waals surface area contributed by atoms with Crippen LogP contribution in [0.1, 0.15) is 18.9 Å². The second kappa shape index (κ2) is 13.7. The molecule has 0 unspecified atom stereocenters. The van der Waals surface area contributed by atoms with E-state index in [9.17, 15) is 14.3 Å². The van der Waals surface area contributed by atoms with E-state index in [1.165, 1.54) is 18.3 Å². The highest BCUT2D eigenvalue weighted by Crippen LogP contribution is 2.26. The van der Waals surface area contributed by atoms with Gasteiger partial charge in [-0.2, -0.15) is 4.98 Å². The zero-order chi connectivity index (χ0) is 27.8. The minimum Gasteiger partial charge on any atom is -0.489 e. The minimum absolute atomic E-state index is 0.0692. The first-order valence-electron chi connectivity index (χ1n) is 12.7. The number of ether oxygens (including phenoxy) is 1. The molecule has 0 spiro atoms. The molecule has 1 aliphatic heterocycles. The van der Waals surface area contributed by atoms with Gasteiger partial charge in [-0.25, -0.2) is 14.2 Å². The van der Waals surface area contributed by atoms with E-state index >= 15 is 0 Å². The Morgan fingerprint density at radius 3 is 2.54 bits per heavy atom. The highest BCUT2D eigenvalue weighted by Gasteiger charge is 2.19. The van der Waals surface area contributed by atoms with Crippen LogP contribution in [-0.4, -0.2) is 76.8 Å². The molecule has 0 radical (unpaired) electrons. The highest BCUT2D eigenvalue weighted by molar-refractivity contribution is 6.33. The van der Waals surface area contributed by atoms with Crippen molar-refractivity contribution in [1.82, 2.24) is 19.8 Å². The van der Waals surface area contributed by atoms with Crippen molar-refractivity contribution in [2.75, 3.05) is 56.1 Å². The lowest BCUT2D eigenvalue weighted by Crippen LogP contribution is -2.47. The summed E-state index contributed by atoms with van der Waals surface area (Å²) >= 11 is 12.3. The van der Waals surface area contributed by atoms with Crippen LogP contribution in [0.15, 0.2) is 48.7 Å². The summed E-state index contributed by atoms with van der Waals surface area (Å²) in [6.45, 7) is 8.44. The summed E-state index contributed by atoms with van der Waals surface area (Å²) < 4.78 is 20.4. The fourth-order valence-corrected chi connectivity index (χ4v) is 4.68. The molecule has 0 saturated carbocycles. The number of carbonyl (C=O) groups is 1. The van der Waals surface area contributed by atoms with E-state index in [1.807, 2.05) is 0 Å². The maximum absolute atomic E-state index is 14.7. The van der Waals surface area contributed by atoms with Gasteiger partial charge in [0.15, 0.2) is 11.6 Å². The topological polar surface area (TPSA) is 94.1 Å². The molecule has 208 valence electrons. The minimum atomic E-state index is -1.23. The zero-order valence-corrected chi connectivity index (χ0v) is 23.1. The van der Waals surface area contributed by atoms with Gasteiger partial charge >= 0.3 is 6.09 Å². The van der Waals surface area contributed by atoms with E-state index in [0.717, 1.165) is 50.6 Å². The van der Waals surface area contributed by atoms with E-state index < -0.39 is 11.9 Å². The molecule has 1 aliphatic rings. The van der Waals surface area contributed by atoms with E-state index in [1.54, 1.807) is 30.3 Å². The Balaban J connectivity index is 1.35. The Bertz CT molecular complexity index is 1280. The van der Waals surface area contributed by atoms with Gasteiger partial charge in [-0.15, -0.1) is 0 Å². The molecule has 2 aromatic carbocycles. The molecule has 1 amide bonds. The SMILES string of the molecule is CCCN1CCN(CCOc2ccc(Nc3nccc(N(Cc4cc(Cl)ccc4Cl)C(=O)O)n3)cc2F)CC1. The first kappa shape index (κ1) is 28.8. The number of aromatic nitrogens is 2. The van der Waals surface area contributed by atoms with Gasteiger partial charge in [0.2, 0.25) is 5.95 Å². The second-order valence-electron chi connectivity index (χ2n) is 9.14. The summed E-state index contributed by atoms with van der Waals surface area (Å²) in [4.78, 5) is 26.2. The molecule has 0 atom stereocenters. The van der Waals surface area contributed by atoms with E-state index in [2.05, 4.69) is 32.0 Å². The standard InChI is InChI=1S/C27H31Cl2FN6O3/c1-2-9-34-10-12-35(13-11-34)14-15-39-24-6-4-21(17-23(24)30)32-26-31-8-7-25(33-26)36(27(37)38)18-19-16-20(28)3-5-22(19)29/h3-8,16-17H,2,9-15,18H2,1H3,(H,37,38)(H,31,32,33). The van der Waals surface area contributed by atoms with Crippen LogP contribution in [-0.2, 0) is 6.54 Å². The number of piperazine rings is 1. The predicted molar refractivity (Wildman–Crippen MR) is 151 cm³/mol. The third-order valence-corrected chi connectivity index (χ3v) is 6.95. The van der Waals surface area contributed by atoms with Crippen molar-refractivity contribution in [3.63, 3.8) is 0 Å². The van der Waals surface area contributed by atoms with E-state index in [-0.39, 0.29) is 24.1 Å². The lowest BCUT2D eigenvalue weighted by molar-refractivity contribution is 0.116. The van der Waals surface area contributed by atoms with Crippen LogP contribution >= 0.6 is 23.2 Å². The normalized spacial score (nSPS) is 14.3. The van der Waals surface area contributed by atoms with Crippen LogP contribution in [0.25, 0.3) is 0 Å². The van der Waals surface area contributed by atoms with Gasteiger partial charge in [-0.3, -0.25) is 9.80 Å². The number of carboxylic acid groups (broad SMARTS) is 1. The van der Waals surface area contributed by atoms with Crippen molar-refractivity contribution >= 4 is 46.7 Å². The molecule has 12 heteroatoms. The molecule has 39 heavy (non-hydrogen) atoms. The number of hydrogen-bond donors (Lipinski definition) is 2. The Kier molecular flexibility index (Phi) is 10.2. The van der Waals surface area contributed by atoms with Crippen LogP contribution in [0.2, 0.25) is 10.0 Å². The third-order valence-electron chi connectivity index (χ3n) is 6.34. The van der Waals surface area contributed by atoms with Crippen molar-refractivity contribution in [2.24, 2.45) is 0 Å². The number of hydrogen-bond acceptors (Lipinski definition) is 7. The molecule has 0 aliphatic carbocycles. The maximum Gasteiger partial charge on any atom is 0.413 e. The summed E-state index contributed by atoms with van der Waals surface area (Å²) in [5, 5.41) is 13.5. The summed E-state index contributed by atoms with van der Waals surface area (Å²) in [6, 6.07) is 10.8. The van der Waals surface area contributed by atoms with Crippen LogP contribution in [0.5, 0.6) is 5.75 Å². The average molecular weight is 577 g/mol.